The van der Waals surface area contributed by atoms with E-state index in [1.807, 2.05) is 6.92 Å². The van der Waals surface area contributed by atoms with Crippen LogP contribution in [0, 0.1) is 5.92 Å². The largest absolute Gasteiger partial charge is 0.462 e. The lowest BCUT2D eigenvalue weighted by Crippen LogP contribution is -2.19. The van der Waals surface area contributed by atoms with Crippen molar-refractivity contribution in [1.29, 1.82) is 0 Å². The van der Waals surface area contributed by atoms with Gasteiger partial charge in [0.1, 0.15) is 6.10 Å². The van der Waals surface area contributed by atoms with Gasteiger partial charge in [0.25, 0.3) is 0 Å². The van der Waals surface area contributed by atoms with Gasteiger partial charge in [0, 0.05) is 6.42 Å². The molecular weight excluding hydrogens is 380 g/mol. The van der Waals surface area contributed by atoms with Crippen molar-refractivity contribution in [3.8, 4) is 0 Å². The van der Waals surface area contributed by atoms with Crippen molar-refractivity contribution in [3.63, 3.8) is 0 Å². The second-order valence-electron chi connectivity index (χ2n) is 10.3. The summed E-state index contributed by atoms with van der Waals surface area (Å²) in [6, 6.07) is 0. The maximum absolute atomic E-state index is 11.7. The number of unbranched alkanes of at least 4 members (excludes halogenated alkanes) is 20. The Balaban J connectivity index is 3.13. The molecule has 0 aromatic carbocycles. The summed E-state index contributed by atoms with van der Waals surface area (Å²) in [7, 11) is 0. The van der Waals surface area contributed by atoms with Gasteiger partial charge in [0.15, 0.2) is 0 Å². The molecular formula is C29H58O2. The molecule has 0 aromatic rings. The van der Waals surface area contributed by atoms with Crippen molar-refractivity contribution >= 4 is 5.97 Å². The van der Waals surface area contributed by atoms with E-state index in [1.54, 1.807) is 0 Å². The van der Waals surface area contributed by atoms with Gasteiger partial charge in [0.2, 0.25) is 0 Å². The highest BCUT2D eigenvalue weighted by Crippen LogP contribution is 2.15. The number of hydrogen-bond acceptors (Lipinski definition) is 2. The third kappa shape index (κ3) is 24.0. The average Bonchev–Trinajstić information content (AvgIpc) is 2.74. The Bertz CT molecular complexity index is 364. The first kappa shape index (κ1) is 30.5. The number of carbonyl (C=O) groups excluding carboxylic acids is 1. The zero-order valence-corrected chi connectivity index (χ0v) is 22.0. The molecule has 186 valence electrons. The van der Waals surface area contributed by atoms with E-state index >= 15 is 0 Å². The molecule has 1 atom stereocenters. The van der Waals surface area contributed by atoms with Crippen LogP contribution in [0.2, 0.25) is 0 Å². The normalized spacial score (nSPS) is 12.4. The summed E-state index contributed by atoms with van der Waals surface area (Å²) in [6.45, 7) is 8.47. The molecule has 2 heteroatoms. The topological polar surface area (TPSA) is 26.3 Å². The van der Waals surface area contributed by atoms with Crippen LogP contribution < -0.4 is 0 Å². The summed E-state index contributed by atoms with van der Waals surface area (Å²) in [5.41, 5.74) is 0. The zero-order chi connectivity index (χ0) is 23.0. The van der Waals surface area contributed by atoms with Gasteiger partial charge in [-0.3, -0.25) is 4.79 Å². The van der Waals surface area contributed by atoms with Crippen LogP contribution in [0.1, 0.15) is 169 Å². The fraction of sp³-hybridized carbons (Fsp3) is 0.966. The molecule has 0 aliphatic heterocycles. The van der Waals surface area contributed by atoms with Crippen LogP contribution in [0.4, 0.5) is 0 Å². The molecule has 0 aliphatic rings. The number of hydrogen-bond donors (Lipinski definition) is 0. The van der Waals surface area contributed by atoms with E-state index < -0.39 is 0 Å². The van der Waals surface area contributed by atoms with Gasteiger partial charge in [-0.25, -0.2) is 0 Å². The van der Waals surface area contributed by atoms with Gasteiger partial charge in [-0.15, -0.1) is 0 Å². The Morgan fingerprint density at radius 2 is 0.806 bits per heavy atom. The third-order valence-electron chi connectivity index (χ3n) is 6.74. The van der Waals surface area contributed by atoms with Crippen LogP contribution >= 0.6 is 0 Å². The molecule has 1 unspecified atom stereocenters. The Morgan fingerprint density at radius 3 is 1.10 bits per heavy atom. The highest BCUT2D eigenvalue weighted by molar-refractivity contribution is 5.69. The maximum atomic E-state index is 11.7. The lowest BCUT2D eigenvalue weighted by Gasteiger charge is -2.16. The molecule has 0 amide bonds. The second-order valence-corrected chi connectivity index (χ2v) is 10.3. The number of rotatable bonds is 24. The monoisotopic (exact) mass is 438 g/mol. The van der Waals surface area contributed by atoms with E-state index in [9.17, 15) is 4.79 Å². The molecule has 0 spiro atoms. The Morgan fingerprint density at radius 1 is 0.516 bits per heavy atom. The van der Waals surface area contributed by atoms with Gasteiger partial charge in [-0.1, -0.05) is 149 Å². The fourth-order valence-corrected chi connectivity index (χ4v) is 4.10. The lowest BCUT2D eigenvalue weighted by molar-refractivity contribution is -0.150. The van der Waals surface area contributed by atoms with E-state index in [0.717, 1.165) is 6.42 Å². The van der Waals surface area contributed by atoms with Crippen LogP contribution in [-0.2, 0) is 9.53 Å². The third-order valence-corrected chi connectivity index (χ3v) is 6.74. The first-order valence-corrected chi connectivity index (χ1v) is 14.3. The highest BCUT2D eigenvalue weighted by atomic mass is 16.5. The number of carbonyl (C=O) groups is 1. The molecule has 0 rings (SSSR count). The summed E-state index contributed by atoms with van der Waals surface area (Å²) in [5, 5.41) is 0. The number of ether oxygens (including phenoxy) is 1. The molecule has 0 N–H and O–H groups in total. The van der Waals surface area contributed by atoms with Crippen LogP contribution in [0.5, 0.6) is 0 Å². The van der Waals surface area contributed by atoms with E-state index in [4.69, 9.17) is 4.74 Å². The van der Waals surface area contributed by atoms with Gasteiger partial charge >= 0.3 is 5.97 Å². The minimum Gasteiger partial charge on any atom is -0.462 e. The van der Waals surface area contributed by atoms with Gasteiger partial charge in [-0.2, -0.15) is 0 Å². The summed E-state index contributed by atoms with van der Waals surface area (Å²) >= 11 is 0. The molecule has 0 heterocycles. The van der Waals surface area contributed by atoms with Crippen molar-refractivity contribution in [1.82, 2.24) is 0 Å². The first-order valence-electron chi connectivity index (χ1n) is 14.3. The zero-order valence-electron chi connectivity index (χ0n) is 22.0. The summed E-state index contributed by atoms with van der Waals surface area (Å²) < 4.78 is 5.42. The molecule has 2 nitrogen and oxygen atoms in total. The predicted octanol–water partition coefficient (Wildman–Crippen LogP) is 10.2. The van der Waals surface area contributed by atoms with E-state index in [0.29, 0.717) is 12.3 Å². The average molecular weight is 439 g/mol. The number of esters is 1. The first-order chi connectivity index (χ1) is 15.1. The standard InChI is InChI=1S/C29H58O2/c1-5-6-7-8-9-10-11-12-13-14-15-16-17-18-19-20-21-22-23-24-25-26-29(30)31-28(4)27(2)3/h27-28H,5-26H2,1-4H3. The van der Waals surface area contributed by atoms with Crippen molar-refractivity contribution in [2.75, 3.05) is 0 Å². The molecule has 0 fully saturated rings. The van der Waals surface area contributed by atoms with Gasteiger partial charge < -0.3 is 4.74 Å². The Hall–Kier alpha value is -0.530. The van der Waals surface area contributed by atoms with Crippen molar-refractivity contribution in [2.24, 2.45) is 5.92 Å². The summed E-state index contributed by atoms with van der Waals surface area (Å²) in [4.78, 5) is 11.7. The molecule has 0 radical (unpaired) electrons. The fourth-order valence-electron chi connectivity index (χ4n) is 4.10. The second kappa shape index (κ2) is 24.1. The molecule has 0 saturated heterocycles. The van der Waals surface area contributed by atoms with Crippen LogP contribution in [0.15, 0.2) is 0 Å². The quantitative estimate of drug-likeness (QED) is 0.111. The van der Waals surface area contributed by atoms with Crippen LogP contribution in [-0.4, -0.2) is 12.1 Å². The van der Waals surface area contributed by atoms with Crippen molar-refractivity contribution in [3.05, 3.63) is 0 Å². The van der Waals surface area contributed by atoms with Gasteiger partial charge in [-0.05, 0) is 19.3 Å². The Kier molecular flexibility index (Phi) is 23.7. The van der Waals surface area contributed by atoms with E-state index in [1.165, 1.54) is 128 Å². The van der Waals surface area contributed by atoms with Crippen LogP contribution in [0.3, 0.4) is 0 Å². The molecule has 31 heavy (non-hydrogen) atoms. The minimum absolute atomic E-state index is 0.0148. The van der Waals surface area contributed by atoms with E-state index in [-0.39, 0.29) is 12.1 Å². The summed E-state index contributed by atoms with van der Waals surface area (Å²) in [5.74, 6) is 0.391. The molecule has 0 aromatic heterocycles. The molecule has 0 bridgehead atoms. The SMILES string of the molecule is CCCCCCCCCCCCCCCCCCCCCCCC(=O)OC(C)C(C)C. The highest BCUT2D eigenvalue weighted by Gasteiger charge is 2.12. The van der Waals surface area contributed by atoms with Crippen molar-refractivity contribution < 1.29 is 9.53 Å². The van der Waals surface area contributed by atoms with Crippen LogP contribution in [0.25, 0.3) is 0 Å². The predicted molar refractivity (Wildman–Crippen MR) is 138 cm³/mol. The van der Waals surface area contributed by atoms with Crippen molar-refractivity contribution in [2.45, 2.75) is 175 Å². The Labute approximate surface area is 196 Å². The molecule has 0 saturated carbocycles. The lowest BCUT2D eigenvalue weighted by atomic mass is 10.0. The maximum Gasteiger partial charge on any atom is 0.306 e. The smallest absolute Gasteiger partial charge is 0.306 e. The molecule has 0 aliphatic carbocycles. The van der Waals surface area contributed by atoms with E-state index in [2.05, 4.69) is 20.8 Å². The van der Waals surface area contributed by atoms with Gasteiger partial charge in [0.05, 0.1) is 0 Å². The summed E-state index contributed by atoms with van der Waals surface area (Å²) in [6.07, 6.45) is 29.8. The minimum atomic E-state index is -0.0148.